The van der Waals surface area contributed by atoms with Crippen LogP contribution in [-0.4, -0.2) is 15.9 Å². The number of aromatic nitrogens is 2. The van der Waals surface area contributed by atoms with Crippen molar-refractivity contribution in [1.82, 2.24) is 15.3 Å². The van der Waals surface area contributed by atoms with Crippen molar-refractivity contribution >= 4 is 5.91 Å². The largest absolute Gasteiger partial charge is 0.346 e. The van der Waals surface area contributed by atoms with Gasteiger partial charge in [-0.25, -0.2) is 0 Å². The normalized spacial score (nSPS) is 10.1. The molecule has 5 nitrogen and oxygen atoms in total. The monoisotopic (exact) mass is 243 g/mol. The standard InChI is InChI=1S/C13H13N3O2/c1-9-3-2-4-11(16-9)8-15-13(18)10-5-6-14-12(17)7-10/h2-7H,8H2,1H3,(H,14,17)(H,15,18). The van der Waals surface area contributed by atoms with Gasteiger partial charge in [-0.3, -0.25) is 14.6 Å². The fourth-order valence-electron chi connectivity index (χ4n) is 1.56. The van der Waals surface area contributed by atoms with Crippen LogP contribution in [0.1, 0.15) is 21.7 Å². The van der Waals surface area contributed by atoms with E-state index < -0.39 is 0 Å². The van der Waals surface area contributed by atoms with Gasteiger partial charge in [0.25, 0.3) is 5.91 Å². The first-order valence-electron chi connectivity index (χ1n) is 5.54. The van der Waals surface area contributed by atoms with E-state index in [1.165, 1.54) is 12.3 Å². The maximum absolute atomic E-state index is 11.8. The van der Waals surface area contributed by atoms with E-state index in [0.29, 0.717) is 12.1 Å². The van der Waals surface area contributed by atoms with Crippen LogP contribution in [0.4, 0.5) is 0 Å². The van der Waals surface area contributed by atoms with Gasteiger partial charge in [-0.1, -0.05) is 6.07 Å². The number of nitrogens with one attached hydrogen (secondary N) is 2. The number of carbonyl (C=O) groups is 1. The second-order valence-electron chi connectivity index (χ2n) is 3.89. The molecule has 2 aromatic rings. The highest BCUT2D eigenvalue weighted by molar-refractivity contribution is 5.93. The topological polar surface area (TPSA) is 74.8 Å². The number of carbonyl (C=O) groups excluding carboxylic acids is 1. The highest BCUT2D eigenvalue weighted by Gasteiger charge is 2.05. The van der Waals surface area contributed by atoms with Gasteiger partial charge in [-0.05, 0) is 25.1 Å². The van der Waals surface area contributed by atoms with Crippen LogP contribution >= 0.6 is 0 Å². The second kappa shape index (κ2) is 5.27. The summed E-state index contributed by atoms with van der Waals surface area (Å²) in [6.45, 7) is 2.23. The van der Waals surface area contributed by atoms with E-state index in [9.17, 15) is 9.59 Å². The molecule has 0 saturated carbocycles. The van der Waals surface area contributed by atoms with Gasteiger partial charge in [0.2, 0.25) is 5.56 Å². The SMILES string of the molecule is Cc1cccc(CNC(=O)c2cc[nH]c(=O)c2)n1. The van der Waals surface area contributed by atoms with Gasteiger partial charge in [-0.15, -0.1) is 0 Å². The van der Waals surface area contributed by atoms with Crippen molar-refractivity contribution in [3.8, 4) is 0 Å². The van der Waals surface area contributed by atoms with E-state index in [0.717, 1.165) is 11.4 Å². The molecule has 2 rings (SSSR count). The summed E-state index contributed by atoms with van der Waals surface area (Å²) in [7, 11) is 0. The molecule has 0 radical (unpaired) electrons. The summed E-state index contributed by atoms with van der Waals surface area (Å²) >= 11 is 0. The smallest absolute Gasteiger partial charge is 0.251 e. The summed E-state index contributed by atoms with van der Waals surface area (Å²) in [6, 6.07) is 8.43. The van der Waals surface area contributed by atoms with Gasteiger partial charge in [-0.2, -0.15) is 0 Å². The Morgan fingerprint density at radius 1 is 1.39 bits per heavy atom. The quantitative estimate of drug-likeness (QED) is 0.844. The van der Waals surface area contributed by atoms with Crippen LogP contribution in [0.2, 0.25) is 0 Å². The molecule has 2 N–H and O–H groups in total. The van der Waals surface area contributed by atoms with E-state index in [1.54, 1.807) is 6.07 Å². The molecule has 18 heavy (non-hydrogen) atoms. The molecule has 0 saturated heterocycles. The van der Waals surface area contributed by atoms with Gasteiger partial charge < -0.3 is 10.3 Å². The Kier molecular flexibility index (Phi) is 3.52. The average Bonchev–Trinajstić information content (AvgIpc) is 2.36. The minimum absolute atomic E-state index is 0.288. The van der Waals surface area contributed by atoms with Crippen LogP contribution in [0.5, 0.6) is 0 Å². The van der Waals surface area contributed by atoms with Crippen molar-refractivity contribution < 1.29 is 4.79 Å². The van der Waals surface area contributed by atoms with Crippen molar-refractivity contribution in [3.05, 3.63) is 63.8 Å². The number of amides is 1. The molecule has 0 unspecified atom stereocenters. The molecule has 92 valence electrons. The Morgan fingerprint density at radius 3 is 2.94 bits per heavy atom. The summed E-state index contributed by atoms with van der Waals surface area (Å²) in [4.78, 5) is 29.6. The first kappa shape index (κ1) is 12.0. The molecule has 0 aromatic carbocycles. The minimum atomic E-state index is -0.295. The van der Waals surface area contributed by atoms with Crippen LogP contribution in [0, 0.1) is 6.92 Å². The molecule has 1 amide bonds. The Labute approximate surface area is 104 Å². The first-order chi connectivity index (χ1) is 8.65. The Morgan fingerprint density at radius 2 is 2.22 bits per heavy atom. The minimum Gasteiger partial charge on any atom is -0.346 e. The van der Waals surface area contributed by atoms with Crippen LogP contribution < -0.4 is 10.9 Å². The highest BCUT2D eigenvalue weighted by atomic mass is 16.2. The average molecular weight is 243 g/mol. The summed E-state index contributed by atoms with van der Waals surface area (Å²) < 4.78 is 0. The second-order valence-corrected chi connectivity index (χ2v) is 3.89. The maximum atomic E-state index is 11.8. The Hall–Kier alpha value is -2.43. The molecule has 0 aliphatic heterocycles. The molecule has 0 fully saturated rings. The van der Waals surface area contributed by atoms with Gasteiger partial charge in [0.15, 0.2) is 0 Å². The predicted molar refractivity (Wildman–Crippen MR) is 67.2 cm³/mol. The van der Waals surface area contributed by atoms with E-state index in [-0.39, 0.29) is 11.5 Å². The lowest BCUT2D eigenvalue weighted by atomic mass is 10.2. The van der Waals surface area contributed by atoms with Gasteiger partial charge in [0.1, 0.15) is 0 Å². The molecular formula is C13H13N3O2. The summed E-state index contributed by atoms with van der Waals surface area (Å²) in [5.41, 5.74) is 1.73. The maximum Gasteiger partial charge on any atom is 0.251 e. The van der Waals surface area contributed by atoms with Crippen molar-refractivity contribution in [2.75, 3.05) is 0 Å². The zero-order valence-corrected chi connectivity index (χ0v) is 9.93. The number of rotatable bonds is 3. The molecule has 2 heterocycles. The van der Waals surface area contributed by atoms with Crippen LogP contribution in [0.25, 0.3) is 0 Å². The predicted octanol–water partition coefficient (Wildman–Crippen LogP) is 1.01. The third-order valence-electron chi connectivity index (χ3n) is 2.41. The summed E-state index contributed by atoms with van der Waals surface area (Å²) in [5, 5.41) is 2.72. The number of hydrogen-bond donors (Lipinski definition) is 2. The molecule has 2 aromatic heterocycles. The van der Waals surface area contributed by atoms with Crippen molar-refractivity contribution in [1.29, 1.82) is 0 Å². The summed E-state index contributed by atoms with van der Waals surface area (Å²) in [5.74, 6) is -0.288. The molecule has 0 bridgehead atoms. The lowest BCUT2D eigenvalue weighted by molar-refractivity contribution is 0.0950. The molecule has 0 aliphatic carbocycles. The summed E-state index contributed by atoms with van der Waals surface area (Å²) in [6.07, 6.45) is 1.45. The highest BCUT2D eigenvalue weighted by Crippen LogP contribution is 1.99. The zero-order chi connectivity index (χ0) is 13.0. The lowest BCUT2D eigenvalue weighted by Gasteiger charge is -2.05. The van der Waals surface area contributed by atoms with E-state index in [4.69, 9.17) is 0 Å². The van der Waals surface area contributed by atoms with Crippen LogP contribution in [0.3, 0.4) is 0 Å². The van der Waals surface area contributed by atoms with Crippen molar-refractivity contribution in [2.24, 2.45) is 0 Å². The number of aromatic amines is 1. The van der Waals surface area contributed by atoms with Crippen molar-refractivity contribution in [3.63, 3.8) is 0 Å². The Balaban J connectivity index is 2.03. The molecular weight excluding hydrogens is 230 g/mol. The van der Waals surface area contributed by atoms with Crippen LogP contribution in [0.15, 0.2) is 41.3 Å². The molecule has 0 spiro atoms. The number of pyridine rings is 2. The van der Waals surface area contributed by atoms with Gasteiger partial charge >= 0.3 is 0 Å². The number of hydrogen-bond acceptors (Lipinski definition) is 3. The fourth-order valence-corrected chi connectivity index (χ4v) is 1.56. The fraction of sp³-hybridized carbons (Fsp3) is 0.154. The van der Waals surface area contributed by atoms with E-state index in [2.05, 4.69) is 15.3 Å². The number of aryl methyl sites for hydroxylation is 1. The van der Waals surface area contributed by atoms with Gasteiger partial charge in [0.05, 0.1) is 12.2 Å². The van der Waals surface area contributed by atoms with Crippen LogP contribution in [-0.2, 0) is 6.54 Å². The van der Waals surface area contributed by atoms with E-state index in [1.807, 2.05) is 25.1 Å². The lowest BCUT2D eigenvalue weighted by Crippen LogP contribution is -2.24. The number of nitrogens with zero attached hydrogens (tertiary/aromatic N) is 1. The Bertz CT molecular complexity index is 619. The zero-order valence-electron chi connectivity index (χ0n) is 9.93. The third kappa shape index (κ3) is 3.04. The first-order valence-corrected chi connectivity index (χ1v) is 5.54. The molecule has 0 aliphatic rings. The molecule has 0 atom stereocenters. The number of H-pyrrole nitrogens is 1. The van der Waals surface area contributed by atoms with E-state index >= 15 is 0 Å². The van der Waals surface area contributed by atoms with Gasteiger partial charge in [0, 0.05) is 23.5 Å². The molecule has 5 heteroatoms. The third-order valence-corrected chi connectivity index (χ3v) is 2.41. The van der Waals surface area contributed by atoms with Crippen molar-refractivity contribution in [2.45, 2.75) is 13.5 Å².